The van der Waals surface area contributed by atoms with E-state index in [-0.39, 0.29) is 11.9 Å². The van der Waals surface area contributed by atoms with Gasteiger partial charge in [-0.3, -0.25) is 9.69 Å². The molecular weight excluding hydrogens is 316 g/mol. The van der Waals surface area contributed by atoms with Crippen LogP contribution in [0.15, 0.2) is 30.6 Å². The second-order valence-electron chi connectivity index (χ2n) is 7.05. The third kappa shape index (κ3) is 3.28. The van der Waals surface area contributed by atoms with Crippen molar-refractivity contribution < 1.29 is 9.53 Å². The molecule has 0 N–H and O–H groups in total. The lowest BCUT2D eigenvalue weighted by Crippen LogP contribution is -2.52. The van der Waals surface area contributed by atoms with E-state index >= 15 is 0 Å². The zero-order chi connectivity index (χ0) is 17.2. The molecule has 1 amide bonds. The number of carbonyl (C=O) groups is 1. The highest BCUT2D eigenvalue weighted by Gasteiger charge is 2.31. The van der Waals surface area contributed by atoms with E-state index in [0.717, 1.165) is 31.4 Å². The molecule has 6 nitrogen and oxygen atoms in total. The summed E-state index contributed by atoms with van der Waals surface area (Å²) in [5.41, 5.74) is 2.22. The van der Waals surface area contributed by atoms with Crippen molar-refractivity contribution in [1.82, 2.24) is 19.4 Å². The molecule has 2 aliphatic heterocycles. The maximum Gasteiger partial charge on any atom is 0.239 e. The standard InChI is InChI=1S/C19H26N4O2/c1-15(19(24)21-9-11-25-12-10-21)22-8-4-5-16(13-22)23-14-20-17-6-2-3-7-18(17)23/h2-3,6-7,14-16H,4-5,8-13H2,1H3/t15-,16+/m0/s1. The van der Waals surface area contributed by atoms with Gasteiger partial charge in [-0.2, -0.15) is 0 Å². The van der Waals surface area contributed by atoms with Crippen molar-refractivity contribution in [1.29, 1.82) is 0 Å². The number of carbonyl (C=O) groups excluding carboxylic acids is 1. The molecule has 4 rings (SSSR count). The smallest absolute Gasteiger partial charge is 0.239 e. The minimum atomic E-state index is -0.0734. The minimum absolute atomic E-state index is 0.0734. The van der Waals surface area contributed by atoms with Gasteiger partial charge in [-0.25, -0.2) is 4.98 Å². The molecule has 2 atom stereocenters. The Labute approximate surface area is 148 Å². The molecule has 2 fully saturated rings. The lowest BCUT2D eigenvalue weighted by Gasteiger charge is -2.39. The summed E-state index contributed by atoms with van der Waals surface area (Å²) < 4.78 is 7.65. The Balaban J connectivity index is 1.48. The molecular formula is C19H26N4O2. The summed E-state index contributed by atoms with van der Waals surface area (Å²) in [6, 6.07) is 8.57. The maximum atomic E-state index is 12.8. The average molecular weight is 342 g/mol. The zero-order valence-corrected chi connectivity index (χ0v) is 14.8. The lowest BCUT2D eigenvalue weighted by molar-refractivity contribution is -0.141. The molecule has 1 aromatic heterocycles. The summed E-state index contributed by atoms with van der Waals surface area (Å²) >= 11 is 0. The average Bonchev–Trinajstić information content (AvgIpc) is 3.12. The van der Waals surface area contributed by atoms with Gasteiger partial charge in [0, 0.05) is 25.7 Å². The molecule has 0 aliphatic carbocycles. The monoisotopic (exact) mass is 342 g/mol. The molecule has 6 heteroatoms. The fourth-order valence-corrected chi connectivity index (χ4v) is 4.04. The Morgan fingerprint density at radius 1 is 1.24 bits per heavy atom. The summed E-state index contributed by atoms with van der Waals surface area (Å²) in [4.78, 5) is 21.6. The summed E-state index contributed by atoms with van der Waals surface area (Å²) in [6.07, 6.45) is 4.19. The summed E-state index contributed by atoms with van der Waals surface area (Å²) in [7, 11) is 0. The highest BCUT2D eigenvalue weighted by atomic mass is 16.5. The fraction of sp³-hybridized carbons (Fsp3) is 0.579. The van der Waals surface area contributed by atoms with Gasteiger partial charge < -0.3 is 14.2 Å². The highest BCUT2D eigenvalue weighted by Crippen LogP contribution is 2.27. The number of nitrogens with zero attached hydrogens (tertiary/aromatic N) is 4. The van der Waals surface area contributed by atoms with Crippen molar-refractivity contribution in [3.8, 4) is 0 Å². The molecule has 2 saturated heterocycles. The van der Waals surface area contributed by atoms with Gasteiger partial charge >= 0.3 is 0 Å². The number of para-hydroxylation sites is 2. The minimum Gasteiger partial charge on any atom is -0.378 e. The van der Waals surface area contributed by atoms with E-state index in [1.54, 1.807) is 0 Å². The van der Waals surface area contributed by atoms with Gasteiger partial charge in [0.25, 0.3) is 0 Å². The van der Waals surface area contributed by atoms with Crippen molar-refractivity contribution in [3.05, 3.63) is 30.6 Å². The number of piperidine rings is 1. The summed E-state index contributed by atoms with van der Waals surface area (Å²) in [6.45, 7) is 6.67. The number of hydrogen-bond acceptors (Lipinski definition) is 4. The van der Waals surface area contributed by atoms with E-state index in [4.69, 9.17) is 4.74 Å². The van der Waals surface area contributed by atoms with Crippen molar-refractivity contribution in [2.75, 3.05) is 39.4 Å². The quantitative estimate of drug-likeness (QED) is 0.855. The second-order valence-corrected chi connectivity index (χ2v) is 7.05. The largest absolute Gasteiger partial charge is 0.378 e. The predicted octanol–water partition coefficient (Wildman–Crippen LogP) is 1.92. The molecule has 0 spiro atoms. The SMILES string of the molecule is C[C@@H](C(=O)N1CCOCC1)N1CCC[C@@H](n2cnc3ccccc32)C1. The van der Waals surface area contributed by atoms with Crippen LogP contribution in [0.25, 0.3) is 11.0 Å². The van der Waals surface area contributed by atoms with Gasteiger partial charge in [-0.15, -0.1) is 0 Å². The van der Waals surface area contributed by atoms with Crippen LogP contribution in [-0.2, 0) is 9.53 Å². The number of benzene rings is 1. The van der Waals surface area contributed by atoms with E-state index < -0.39 is 0 Å². The Hall–Kier alpha value is -1.92. The van der Waals surface area contributed by atoms with Gasteiger partial charge in [-0.1, -0.05) is 12.1 Å². The highest BCUT2D eigenvalue weighted by molar-refractivity contribution is 5.81. The fourth-order valence-electron chi connectivity index (χ4n) is 4.04. The Morgan fingerprint density at radius 2 is 2.04 bits per heavy atom. The van der Waals surface area contributed by atoms with Gasteiger partial charge in [0.15, 0.2) is 0 Å². The van der Waals surface area contributed by atoms with Gasteiger partial charge in [-0.05, 0) is 38.4 Å². The predicted molar refractivity (Wildman–Crippen MR) is 96.4 cm³/mol. The van der Waals surface area contributed by atoms with E-state index in [2.05, 4.69) is 32.7 Å². The molecule has 3 heterocycles. The van der Waals surface area contributed by atoms with Crippen LogP contribution < -0.4 is 0 Å². The topological polar surface area (TPSA) is 50.6 Å². The first-order valence-corrected chi connectivity index (χ1v) is 9.26. The Morgan fingerprint density at radius 3 is 2.88 bits per heavy atom. The molecule has 134 valence electrons. The van der Waals surface area contributed by atoms with Crippen LogP contribution in [-0.4, -0.2) is 70.7 Å². The summed E-state index contributed by atoms with van der Waals surface area (Å²) in [5, 5.41) is 0. The van der Waals surface area contributed by atoms with Crippen molar-refractivity contribution in [3.63, 3.8) is 0 Å². The van der Waals surface area contributed by atoms with Crippen LogP contribution in [0.3, 0.4) is 0 Å². The first kappa shape index (κ1) is 16.5. The summed E-state index contributed by atoms with van der Waals surface area (Å²) in [5.74, 6) is 0.236. The molecule has 0 saturated carbocycles. The van der Waals surface area contributed by atoms with E-state index in [1.165, 1.54) is 5.52 Å². The first-order valence-electron chi connectivity index (χ1n) is 9.26. The van der Waals surface area contributed by atoms with Crippen molar-refractivity contribution in [2.24, 2.45) is 0 Å². The lowest BCUT2D eigenvalue weighted by atomic mass is 10.0. The van der Waals surface area contributed by atoms with Gasteiger partial charge in [0.1, 0.15) is 0 Å². The van der Waals surface area contributed by atoms with Crippen LogP contribution in [0.5, 0.6) is 0 Å². The number of fused-ring (bicyclic) bond motifs is 1. The molecule has 2 aromatic rings. The molecule has 0 unspecified atom stereocenters. The van der Waals surface area contributed by atoms with Crippen LogP contribution in [0, 0.1) is 0 Å². The number of likely N-dealkylation sites (tertiary alicyclic amines) is 1. The number of hydrogen-bond donors (Lipinski definition) is 0. The van der Waals surface area contributed by atoms with Crippen molar-refractivity contribution >= 4 is 16.9 Å². The van der Waals surface area contributed by atoms with E-state index in [1.807, 2.05) is 24.2 Å². The number of rotatable bonds is 3. The van der Waals surface area contributed by atoms with Gasteiger partial charge in [0.05, 0.1) is 36.6 Å². The third-order valence-electron chi connectivity index (χ3n) is 5.53. The number of imidazole rings is 1. The Kier molecular flexibility index (Phi) is 4.72. The van der Waals surface area contributed by atoms with Gasteiger partial charge in [0.2, 0.25) is 5.91 Å². The molecule has 25 heavy (non-hydrogen) atoms. The van der Waals surface area contributed by atoms with E-state index in [9.17, 15) is 4.79 Å². The molecule has 0 radical (unpaired) electrons. The van der Waals surface area contributed by atoms with Crippen LogP contribution in [0.1, 0.15) is 25.8 Å². The molecule has 1 aromatic carbocycles. The van der Waals surface area contributed by atoms with Crippen LogP contribution in [0.4, 0.5) is 0 Å². The van der Waals surface area contributed by atoms with Crippen molar-refractivity contribution in [2.45, 2.75) is 31.8 Å². The molecule has 2 aliphatic rings. The van der Waals surface area contributed by atoms with E-state index in [0.29, 0.717) is 32.3 Å². The number of morpholine rings is 1. The van der Waals surface area contributed by atoms with Crippen LogP contribution >= 0.6 is 0 Å². The zero-order valence-electron chi connectivity index (χ0n) is 14.8. The molecule has 0 bridgehead atoms. The normalized spacial score (nSPS) is 23.7. The van der Waals surface area contributed by atoms with Crippen LogP contribution in [0.2, 0.25) is 0 Å². The second kappa shape index (κ2) is 7.14. The number of aromatic nitrogens is 2. The first-order chi connectivity index (χ1) is 12.2. The Bertz CT molecular complexity index is 738. The number of ether oxygens (including phenoxy) is 1. The third-order valence-corrected chi connectivity index (χ3v) is 5.53. The number of amides is 1. The maximum absolute atomic E-state index is 12.8.